The van der Waals surface area contributed by atoms with Crippen molar-refractivity contribution < 1.29 is 13.9 Å². The molecule has 0 aliphatic heterocycles. The van der Waals surface area contributed by atoms with E-state index >= 15 is 0 Å². The van der Waals surface area contributed by atoms with Gasteiger partial charge in [-0.25, -0.2) is 9.18 Å². The van der Waals surface area contributed by atoms with Crippen molar-refractivity contribution in [2.75, 3.05) is 7.11 Å². The summed E-state index contributed by atoms with van der Waals surface area (Å²) in [6, 6.07) is 21.1. The number of hydrogen-bond acceptors (Lipinski definition) is 5. The fourth-order valence-corrected chi connectivity index (χ4v) is 3.37. The topological polar surface area (TPSA) is 95.2 Å². The Bertz CT molecular complexity index is 1430. The van der Waals surface area contributed by atoms with E-state index in [0.717, 1.165) is 14.8 Å². The molecule has 34 heavy (non-hydrogen) atoms. The Morgan fingerprint density at radius 2 is 1.68 bits per heavy atom. The van der Waals surface area contributed by atoms with Gasteiger partial charge in [0.25, 0.3) is 11.5 Å². The van der Waals surface area contributed by atoms with E-state index in [2.05, 4.69) is 10.4 Å². The van der Waals surface area contributed by atoms with Crippen LogP contribution in [0.5, 0.6) is 5.75 Å². The molecule has 4 rings (SSSR count). The molecule has 0 saturated carbocycles. The summed E-state index contributed by atoms with van der Waals surface area (Å²) in [6.45, 7) is -0.0561. The maximum absolute atomic E-state index is 13.7. The van der Waals surface area contributed by atoms with Crippen LogP contribution in [0.25, 0.3) is 5.69 Å². The summed E-state index contributed by atoms with van der Waals surface area (Å²) in [7, 11) is 1.51. The van der Waals surface area contributed by atoms with Gasteiger partial charge in [-0.05, 0) is 47.5 Å². The van der Waals surface area contributed by atoms with Crippen LogP contribution in [0.3, 0.4) is 0 Å². The molecule has 0 bridgehead atoms. The lowest BCUT2D eigenvalue weighted by molar-refractivity contribution is 0.0941. The predicted molar refractivity (Wildman–Crippen MR) is 124 cm³/mol. The SMILES string of the molecule is COc1ccc(-n2nc(C(=O)NCc3ccccc3)c(=O)n(Cc3cccc(F)c3)c2=O)cc1. The van der Waals surface area contributed by atoms with Gasteiger partial charge in [-0.1, -0.05) is 42.5 Å². The molecule has 4 aromatic rings. The predicted octanol–water partition coefficient (Wildman–Crippen LogP) is 2.52. The van der Waals surface area contributed by atoms with Crippen molar-refractivity contribution in [3.05, 3.63) is 122 Å². The van der Waals surface area contributed by atoms with Crippen LogP contribution in [0.15, 0.2) is 88.5 Å². The van der Waals surface area contributed by atoms with E-state index in [9.17, 15) is 18.8 Å². The van der Waals surface area contributed by atoms with Crippen LogP contribution in [0.2, 0.25) is 0 Å². The first-order chi connectivity index (χ1) is 16.5. The first-order valence-corrected chi connectivity index (χ1v) is 10.4. The van der Waals surface area contributed by atoms with E-state index in [-0.39, 0.29) is 13.1 Å². The molecule has 9 heteroatoms. The van der Waals surface area contributed by atoms with E-state index in [0.29, 0.717) is 17.0 Å². The molecule has 8 nitrogen and oxygen atoms in total. The van der Waals surface area contributed by atoms with Gasteiger partial charge in [-0.3, -0.25) is 14.2 Å². The van der Waals surface area contributed by atoms with Crippen LogP contribution >= 0.6 is 0 Å². The number of hydrogen-bond donors (Lipinski definition) is 1. The Morgan fingerprint density at radius 3 is 2.35 bits per heavy atom. The lowest BCUT2D eigenvalue weighted by Gasteiger charge is -2.13. The molecule has 0 fully saturated rings. The summed E-state index contributed by atoms with van der Waals surface area (Å²) in [5.74, 6) is -0.675. The van der Waals surface area contributed by atoms with Crippen molar-refractivity contribution in [2.45, 2.75) is 13.1 Å². The van der Waals surface area contributed by atoms with Crippen LogP contribution in [0.4, 0.5) is 4.39 Å². The van der Waals surface area contributed by atoms with Crippen molar-refractivity contribution in [3.8, 4) is 11.4 Å². The van der Waals surface area contributed by atoms with Crippen molar-refractivity contribution in [1.29, 1.82) is 0 Å². The van der Waals surface area contributed by atoms with Gasteiger partial charge in [-0.15, -0.1) is 0 Å². The molecular formula is C25H21FN4O4. The first kappa shape index (κ1) is 22.7. The third kappa shape index (κ3) is 4.93. The molecule has 0 radical (unpaired) electrons. The zero-order valence-corrected chi connectivity index (χ0v) is 18.3. The highest BCUT2D eigenvalue weighted by Crippen LogP contribution is 2.13. The third-order valence-electron chi connectivity index (χ3n) is 5.12. The number of carbonyl (C=O) groups is 1. The average molecular weight is 460 g/mol. The number of nitrogens with one attached hydrogen (secondary N) is 1. The number of amides is 1. The molecule has 0 aliphatic carbocycles. The van der Waals surface area contributed by atoms with Gasteiger partial charge in [-0.2, -0.15) is 9.78 Å². The summed E-state index contributed by atoms with van der Waals surface area (Å²) in [4.78, 5) is 39.2. The number of rotatable bonds is 7. The van der Waals surface area contributed by atoms with Crippen molar-refractivity contribution >= 4 is 5.91 Å². The summed E-state index contributed by atoms with van der Waals surface area (Å²) in [6.07, 6.45) is 0. The molecule has 0 aliphatic rings. The monoisotopic (exact) mass is 460 g/mol. The lowest BCUT2D eigenvalue weighted by Crippen LogP contribution is -2.46. The average Bonchev–Trinajstić information content (AvgIpc) is 2.86. The minimum Gasteiger partial charge on any atom is -0.497 e. The standard InChI is InChI=1S/C25H21FN4O4/c1-34-21-12-10-20(11-13-21)30-25(33)29(16-18-8-5-9-19(26)14-18)24(32)22(28-30)23(31)27-15-17-6-3-2-4-7-17/h2-14H,15-16H2,1H3,(H,27,31). The molecule has 172 valence electrons. The molecular weight excluding hydrogens is 439 g/mol. The molecule has 0 unspecified atom stereocenters. The molecule has 0 atom stereocenters. The summed E-state index contributed by atoms with van der Waals surface area (Å²) < 4.78 is 20.7. The number of ether oxygens (including phenoxy) is 1. The molecule has 0 spiro atoms. The van der Waals surface area contributed by atoms with Crippen molar-refractivity contribution in [2.24, 2.45) is 0 Å². The fraction of sp³-hybridized carbons (Fsp3) is 0.120. The zero-order chi connectivity index (χ0) is 24.1. The summed E-state index contributed by atoms with van der Waals surface area (Å²) >= 11 is 0. The number of halogens is 1. The van der Waals surface area contributed by atoms with E-state index in [4.69, 9.17) is 4.74 Å². The maximum atomic E-state index is 13.7. The Morgan fingerprint density at radius 1 is 0.971 bits per heavy atom. The number of carbonyl (C=O) groups excluding carboxylic acids is 1. The largest absolute Gasteiger partial charge is 0.497 e. The highest BCUT2D eigenvalue weighted by molar-refractivity contribution is 5.91. The molecule has 1 heterocycles. The van der Waals surface area contributed by atoms with Gasteiger partial charge in [0.2, 0.25) is 5.69 Å². The second-order valence-corrected chi connectivity index (χ2v) is 7.43. The van der Waals surface area contributed by atoms with Gasteiger partial charge in [0.15, 0.2) is 0 Å². The Labute approximate surface area is 193 Å². The number of nitrogens with zero attached hydrogens (tertiary/aromatic N) is 3. The Kier molecular flexibility index (Phi) is 6.63. The zero-order valence-electron chi connectivity index (χ0n) is 18.3. The van der Waals surface area contributed by atoms with Crippen LogP contribution in [-0.2, 0) is 13.1 Å². The van der Waals surface area contributed by atoms with Gasteiger partial charge in [0.1, 0.15) is 11.6 Å². The Hall–Kier alpha value is -4.53. The second-order valence-electron chi connectivity index (χ2n) is 7.43. The molecule has 1 N–H and O–H groups in total. The molecule has 3 aromatic carbocycles. The minimum atomic E-state index is -0.871. The van der Waals surface area contributed by atoms with Gasteiger partial charge >= 0.3 is 5.69 Å². The smallest absolute Gasteiger partial charge is 0.352 e. The van der Waals surface area contributed by atoms with Gasteiger partial charge in [0, 0.05) is 6.54 Å². The lowest BCUT2D eigenvalue weighted by atomic mass is 10.2. The van der Waals surface area contributed by atoms with E-state index in [1.165, 1.54) is 25.3 Å². The van der Waals surface area contributed by atoms with E-state index in [1.807, 2.05) is 30.3 Å². The van der Waals surface area contributed by atoms with Crippen LogP contribution in [0.1, 0.15) is 21.6 Å². The van der Waals surface area contributed by atoms with Gasteiger partial charge in [0.05, 0.1) is 19.3 Å². The highest BCUT2D eigenvalue weighted by atomic mass is 19.1. The molecule has 0 saturated heterocycles. The van der Waals surface area contributed by atoms with Crippen molar-refractivity contribution in [3.63, 3.8) is 0 Å². The maximum Gasteiger partial charge on any atom is 0.352 e. The first-order valence-electron chi connectivity index (χ1n) is 10.4. The number of methoxy groups -OCH3 is 1. The van der Waals surface area contributed by atoms with Crippen LogP contribution < -0.4 is 21.3 Å². The number of aromatic nitrogens is 3. The third-order valence-corrected chi connectivity index (χ3v) is 5.12. The van der Waals surface area contributed by atoms with Crippen LogP contribution in [0, 0.1) is 5.82 Å². The van der Waals surface area contributed by atoms with Crippen molar-refractivity contribution in [1.82, 2.24) is 19.7 Å². The molecule has 1 amide bonds. The highest BCUT2D eigenvalue weighted by Gasteiger charge is 2.20. The summed E-state index contributed by atoms with van der Waals surface area (Å²) in [5.41, 5.74) is -0.538. The fourth-order valence-electron chi connectivity index (χ4n) is 3.37. The number of benzene rings is 3. The quantitative estimate of drug-likeness (QED) is 0.457. The molecule has 1 aromatic heterocycles. The van der Waals surface area contributed by atoms with E-state index < -0.39 is 28.7 Å². The summed E-state index contributed by atoms with van der Waals surface area (Å²) in [5, 5.41) is 6.74. The van der Waals surface area contributed by atoms with Crippen LogP contribution in [-0.4, -0.2) is 27.4 Å². The Balaban J connectivity index is 1.78. The van der Waals surface area contributed by atoms with Gasteiger partial charge < -0.3 is 10.1 Å². The second kappa shape index (κ2) is 9.95. The minimum absolute atomic E-state index is 0.173. The van der Waals surface area contributed by atoms with E-state index in [1.54, 1.807) is 30.3 Å². The normalized spacial score (nSPS) is 10.6.